The molecule has 2 heterocycles. The average Bonchev–Trinajstić information content (AvgIpc) is 3.30. The number of rotatable bonds is 4. The molecule has 2 fully saturated rings. The van der Waals surface area contributed by atoms with E-state index in [0.717, 1.165) is 16.8 Å². The summed E-state index contributed by atoms with van der Waals surface area (Å²) in [5, 5.41) is 2.94. The summed E-state index contributed by atoms with van der Waals surface area (Å²) in [5.74, 6) is -1.35. The molecule has 4 rings (SSSR count). The first-order valence-electron chi connectivity index (χ1n) is 9.51. The van der Waals surface area contributed by atoms with Crippen molar-refractivity contribution in [2.45, 2.75) is 26.1 Å². The molecule has 2 amide bonds. The van der Waals surface area contributed by atoms with Crippen LogP contribution in [-0.4, -0.2) is 31.6 Å². The first-order valence-corrected chi connectivity index (χ1v) is 9.51. The molecule has 146 valence electrons. The molecule has 2 aromatic carbocycles. The summed E-state index contributed by atoms with van der Waals surface area (Å²) in [6, 6.07) is 15.2. The van der Waals surface area contributed by atoms with Gasteiger partial charge in [0, 0.05) is 29.9 Å². The van der Waals surface area contributed by atoms with E-state index in [1.165, 1.54) is 0 Å². The van der Waals surface area contributed by atoms with Gasteiger partial charge in [-0.05, 0) is 38.1 Å². The zero-order valence-corrected chi connectivity index (χ0v) is 16.1. The average molecular weight is 380 g/mol. The fraction of sp³-hybridized carbons (Fsp3) is 0.364. The van der Waals surface area contributed by atoms with E-state index in [2.05, 4.69) is 5.32 Å². The summed E-state index contributed by atoms with van der Waals surface area (Å²) in [5.41, 5.74) is 3.49. The van der Waals surface area contributed by atoms with Crippen LogP contribution in [0.4, 0.5) is 11.4 Å². The van der Waals surface area contributed by atoms with Gasteiger partial charge in [0.15, 0.2) is 5.79 Å². The Morgan fingerprint density at radius 2 is 1.86 bits per heavy atom. The zero-order chi connectivity index (χ0) is 19.7. The monoisotopic (exact) mass is 380 g/mol. The maximum Gasteiger partial charge on any atom is 0.229 e. The summed E-state index contributed by atoms with van der Waals surface area (Å²) < 4.78 is 11.4. The highest BCUT2D eigenvalue weighted by molar-refractivity contribution is 6.03. The van der Waals surface area contributed by atoms with E-state index in [0.29, 0.717) is 25.4 Å². The van der Waals surface area contributed by atoms with Gasteiger partial charge in [0.25, 0.3) is 0 Å². The number of anilines is 2. The largest absolute Gasteiger partial charge is 0.344 e. The lowest BCUT2D eigenvalue weighted by atomic mass is 10.1. The van der Waals surface area contributed by atoms with Crippen molar-refractivity contribution in [3.05, 3.63) is 59.7 Å². The highest BCUT2D eigenvalue weighted by Crippen LogP contribution is 2.32. The Morgan fingerprint density at radius 3 is 2.57 bits per heavy atom. The SMILES string of the molecule is Cc1ccc(N2C[C@@H](C(=O)Nc3cccc(C4(C)OCCO4)c3)CC2=O)cc1. The predicted octanol–water partition coefficient (Wildman–Crippen LogP) is 3.21. The van der Waals surface area contributed by atoms with E-state index in [1.807, 2.05) is 62.4 Å². The molecule has 28 heavy (non-hydrogen) atoms. The van der Waals surface area contributed by atoms with Crippen LogP contribution in [0.15, 0.2) is 48.5 Å². The molecule has 6 nitrogen and oxygen atoms in total. The summed E-state index contributed by atoms with van der Waals surface area (Å²) in [6.07, 6.45) is 0.212. The first kappa shape index (κ1) is 18.7. The maximum absolute atomic E-state index is 12.8. The normalized spacial score (nSPS) is 21.1. The lowest BCUT2D eigenvalue weighted by Gasteiger charge is -2.23. The standard InChI is InChI=1S/C22H24N2O4/c1-15-6-8-19(9-7-15)24-14-16(12-20(24)25)21(26)23-18-5-3-4-17(13-18)22(2)27-10-11-28-22/h3-9,13,16H,10-12,14H2,1-2H3,(H,23,26)/t16-/m0/s1. The molecule has 6 heteroatoms. The third-order valence-corrected chi connectivity index (χ3v) is 5.33. The second-order valence-electron chi connectivity index (χ2n) is 7.45. The van der Waals surface area contributed by atoms with Crippen molar-refractivity contribution in [3.8, 4) is 0 Å². The fourth-order valence-electron chi connectivity index (χ4n) is 3.66. The number of ether oxygens (including phenoxy) is 2. The molecule has 0 aromatic heterocycles. The van der Waals surface area contributed by atoms with E-state index in [9.17, 15) is 9.59 Å². The molecule has 0 unspecified atom stereocenters. The minimum absolute atomic E-state index is 0.0296. The lowest BCUT2D eigenvalue weighted by molar-refractivity contribution is -0.149. The summed E-state index contributed by atoms with van der Waals surface area (Å²) >= 11 is 0. The Kier molecular flexibility index (Phi) is 4.91. The van der Waals surface area contributed by atoms with Gasteiger partial charge in [0.2, 0.25) is 11.8 Å². The molecule has 0 bridgehead atoms. The van der Waals surface area contributed by atoms with Gasteiger partial charge < -0.3 is 19.7 Å². The number of amides is 2. The first-order chi connectivity index (χ1) is 13.4. The summed E-state index contributed by atoms with van der Waals surface area (Å²) in [6.45, 7) is 5.35. The number of benzene rings is 2. The Balaban J connectivity index is 1.44. The van der Waals surface area contributed by atoms with E-state index in [1.54, 1.807) is 4.90 Å². The number of hydrogen-bond acceptors (Lipinski definition) is 4. The van der Waals surface area contributed by atoms with Gasteiger partial charge in [-0.15, -0.1) is 0 Å². The Hall–Kier alpha value is -2.70. The second-order valence-corrected chi connectivity index (χ2v) is 7.45. The van der Waals surface area contributed by atoms with Gasteiger partial charge in [-0.3, -0.25) is 9.59 Å². The Bertz CT molecular complexity index is 888. The van der Waals surface area contributed by atoms with Crippen LogP contribution in [0.3, 0.4) is 0 Å². The van der Waals surface area contributed by atoms with Crippen molar-refractivity contribution in [2.24, 2.45) is 5.92 Å². The van der Waals surface area contributed by atoms with Crippen molar-refractivity contribution in [1.29, 1.82) is 0 Å². The van der Waals surface area contributed by atoms with Crippen LogP contribution in [0.5, 0.6) is 0 Å². The molecule has 2 aliphatic heterocycles. The van der Waals surface area contributed by atoms with Crippen LogP contribution in [-0.2, 0) is 24.8 Å². The fourth-order valence-corrected chi connectivity index (χ4v) is 3.66. The molecule has 2 aromatic rings. The van der Waals surface area contributed by atoms with Crippen LogP contribution < -0.4 is 10.2 Å². The summed E-state index contributed by atoms with van der Waals surface area (Å²) in [7, 11) is 0. The van der Waals surface area contributed by atoms with Crippen molar-refractivity contribution in [3.63, 3.8) is 0 Å². The van der Waals surface area contributed by atoms with Crippen LogP contribution in [0.2, 0.25) is 0 Å². The quantitative estimate of drug-likeness (QED) is 0.884. The highest BCUT2D eigenvalue weighted by atomic mass is 16.7. The van der Waals surface area contributed by atoms with Gasteiger partial charge in [0.1, 0.15) is 0 Å². The second kappa shape index (κ2) is 7.37. The minimum Gasteiger partial charge on any atom is -0.344 e. The van der Waals surface area contributed by atoms with Crippen LogP contribution >= 0.6 is 0 Å². The van der Waals surface area contributed by atoms with E-state index < -0.39 is 5.79 Å². The molecule has 2 saturated heterocycles. The van der Waals surface area contributed by atoms with Crippen molar-refractivity contribution in [1.82, 2.24) is 0 Å². The molecule has 0 saturated carbocycles. The van der Waals surface area contributed by atoms with Gasteiger partial charge in [-0.25, -0.2) is 0 Å². The van der Waals surface area contributed by atoms with Crippen LogP contribution in [0.1, 0.15) is 24.5 Å². The molecule has 1 atom stereocenters. The van der Waals surface area contributed by atoms with Crippen LogP contribution in [0, 0.1) is 12.8 Å². The molecule has 0 radical (unpaired) electrons. The predicted molar refractivity (Wildman–Crippen MR) is 106 cm³/mol. The zero-order valence-electron chi connectivity index (χ0n) is 16.1. The number of nitrogens with one attached hydrogen (secondary N) is 1. The Morgan fingerprint density at radius 1 is 1.14 bits per heavy atom. The van der Waals surface area contributed by atoms with E-state index >= 15 is 0 Å². The number of hydrogen-bond donors (Lipinski definition) is 1. The summed E-state index contributed by atoms with van der Waals surface area (Å²) in [4.78, 5) is 26.8. The Labute approximate surface area is 164 Å². The van der Waals surface area contributed by atoms with Gasteiger partial charge in [0.05, 0.1) is 19.1 Å². The van der Waals surface area contributed by atoms with Gasteiger partial charge >= 0.3 is 0 Å². The van der Waals surface area contributed by atoms with Gasteiger partial charge in [-0.1, -0.05) is 29.8 Å². The third kappa shape index (κ3) is 3.66. The van der Waals surface area contributed by atoms with Crippen molar-refractivity contribution < 1.29 is 19.1 Å². The van der Waals surface area contributed by atoms with Gasteiger partial charge in [-0.2, -0.15) is 0 Å². The molecule has 0 aliphatic carbocycles. The topological polar surface area (TPSA) is 67.9 Å². The molecule has 1 N–H and O–H groups in total. The lowest BCUT2D eigenvalue weighted by Crippen LogP contribution is -2.28. The molecule has 0 spiro atoms. The van der Waals surface area contributed by atoms with E-state index in [4.69, 9.17) is 9.47 Å². The minimum atomic E-state index is -0.785. The maximum atomic E-state index is 12.8. The molecular formula is C22H24N2O4. The third-order valence-electron chi connectivity index (χ3n) is 5.33. The number of nitrogens with zero attached hydrogens (tertiary/aromatic N) is 1. The number of carbonyl (C=O) groups is 2. The van der Waals surface area contributed by atoms with Crippen LogP contribution in [0.25, 0.3) is 0 Å². The molecule has 2 aliphatic rings. The number of aryl methyl sites for hydroxylation is 1. The molecular weight excluding hydrogens is 356 g/mol. The smallest absolute Gasteiger partial charge is 0.229 e. The van der Waals surface area contributed by atoms with E-state index in [-0.39, 0.29) is 24.2 Å². The number of carbonyl (C=O) groups excluding carboxylic acids is 2. The van der Waals surface area contributed by atoms with Crippen molar-refractivity contribution in [2.75, 3.05) is 30.0 Å². The highest BCUT2D eigenvalue weighted by Gasteiger charge is 2.36. The van der Waals surface area contributed by atoms with Crippen molar-refractivity contribution >= 4 is 23.2 Å².